The highest BCUT2D eigenvalue weighted by Gasteiger charge is 2.32. The second kappa shape index (κ2) is 72.4. The zero-order chi connectivity index (χ0) is 104. The number of guanidine groups is 3. The number of aromatic nitrogens is 1. The predicted octanol–water partition coefficient (Wildman–Crippen LogP) is 17.5. The fourth-order valence-electron chi connectivity index (χ4n) is 9.41. The number of esters is 1. The number of nitrogens with two attached hydrogens (primary N) is 5. The van der Waals surface area contributed by atoms with Gasteiger partial charge in [0.1, 0.15) is 17.9 Å². The summed E-state index contributed by atoms with van der Waals surface area (Å²) < 4.78 is 11.2. The quantitative estimate of drug-likeness (QED) is 0.00579. The molecule has 2 heterocycles. The van der Waals surface area contributed by atoms with Gasteiger partial charge in [0.2, 0.25) is 29.6 Å². The monoisotopic (exact) mass is 1880 g/mol. The molecule has 0 radical (unpaired) electrons. The van der Waals surface area contributed by atoms with Crippen LogP contribution in [0.1, 0.15) is 350 Å². The highest BCUT2D eigenvalue weighted by molar-refractivity contribution is 8.04. The number of H-pyrrole nitrogens is 1. The van der Waals surface area contributed by atoms with Crippen molar-refractivity contribution < 1.29 is 38.6 Å². The Balaban J connectivity index is -0.000000215. The maximum Gasteiger partial charge on any atom is 0.328 e. The minimum atomic E-state index is -1.00. The summed E-state index contributed by atoms with van der Waals surface area (Å²) in [6.07, 6.45) is 31.8. The Morgan fingerprint density at radius 1 is 0.565 bits per heavy atom. The van der Waals surface area contributed by atoms with Gasteiger partial charge < -0.3 is 91.0 Å². The van der Waals surface area contributed by atoms with E-state index in [0.717, 1.165) is 124 Å². The molecule has 3 atom stereocenters. The number of ether oxygens (including phenoxy) is 2. The molecule has 0 aliphatic carbocycles. The third-order valence-electron chi connectivity index (χ3n) is 16.6. The highest BCUT2D eigenvalue weighted by atomic mass is 32.2. The first-order chi connectivity index (χ1) is 59.3. The van der Waals surface area contributed by atoms with Crippen LogP contribution in [-0.2, 0) is 33.4 Å². The number of terminal acetylenes is 1. The van der Waals surface area contributed by atoms with Gasteiger partial charge in [0, 0.05) is 74.5 Å². The number of rotatable bonds is 34. The predicted molar refractivity (Wildman–Crippen MR) is 566 cm³/mol. The van der Waals surface area contributed by atoms with E-state index in [9.17, 15) is 28.8 Å². The zero-order valence-corrected chi connectivity index (χ0v) is 90.6. The first-order valence-corrected chi connectivity index (χ1v) is 47.3. The van der Waals surface area contributed by atoms with Gasteiger partial charge in [-0.3, -0.25) is 34.6 Å². The van der Waals surface area contributed by atoms with Crippen molar-refractivity contribution >= 4 is 107 Å². The lowest BCUT2D eigenvalue weighted by Crippen LogP contribution is -2.46. The number of amides is 3. The van der Waals surface area contributed by atoms with Crippen LogP contribution in [0.4, 0.5) is 0 Å². The number of hydrogen-bond donors (Lipinski definition) is 17. The van der Waals surface area contributed by atoms with Gasteiger partial charge in [-0.15, -0.1) is 11.3 Å². The van der Waals surface area contributed by atoms with E-state index in [0.29, 0.717) is 93.7 Å². The summed E-state index contributed by atoms with van der Waals surface area (Å²) >= 11 is 2.95. The topological polar surface area (TPSA) is 493 Å². The number of nitrogens with one attached hydrogen (secondary N) is 11. The highest BCUT2D eigenvalue weighted by Crippen LogP contribution is 2.34. The normalized spacial score (nSPS) is 13.8. The number of aliphatic carboxylic acids is 1. The largest absolute Gasteiger partial charge is 0.502 e. The van der Waals surface area contributed by atoms with E-state index in [2.05, 4.69) is 278 Å². The molecule has 1 aliphatic rings. The number of thiazole rings is 1. The van der Waals surface area contributed by atoms with Crippen LogP contribution in [0.5, 0.6) is 0 Å². The molecule has 0 spiro atoms. The van der Waals surface area contributed by atoms with Gasteiger partial charge in [0.05, 0.1) is 45.3 Å². The number of hydrazone groups is 2. The van der Waals surface area contributed by atoms with Crippen LogP contribution >= 0.6 is 23.1 Å². The van der Waals surface area contributed by atoms with Gasteiger partial charge in [-0.05, 0) is 179 Å². The molecule has 22 N–H and O–H groups in total. The number of carboxylic acids is 1. The molecule has 3 amide bonds. The van der Waals surface area contributed by atoms with Gasteiger partial charge >= 0.3 is 11.9 Å². The summed E-state index contributed by atoms with van der Waals surface area (Å²) in [6.45, 7) is 86.3. The molecule has 0 aromatic carbocycles. The van der Waals surface area contributed by atoms with E-state index in [4.69, 9.17) is 60.5 Å². The fraction of sp³-hybridized carbons (Fsp3) is 0.727. The van der Waals surface area contributed by atoms with E-state index in [1.807, 2.05) is 25.4 Å². The number of carbonyl (C=O) groups excluding carboxylic acids is 4. The van der Waals surface area contributed by atoms with E-state index in [-0.39, 0.29) is 44.8 Å². The number of aliphatic imine (C=N–C) groups is 3. The number of thioether (sulfide) groups is 1. The van der Waals surface area contributed by atoms with Crippen molar-refractivity contribution in [3.05, 3.63) is 68.3 Å². The Kier molecular flexibility index (Phi) is 75.9. The molecule has 131 heavy (non-hydrogen) atoms. The molecule has 30 nitrogen and oxygen atoms in total. The molecule has 1 aromatic heterocycles. The Morgan fingerprint density at radius 3 is 1.27 bits per heavy atom. The fourth-order valence-corrected chi connectivity index (χ4v) is 11.6. The molecule has 0 bridgehead atoms. The standard InChI is InChI=1S/C14H26N2O3.C13H24N2O3.C10H19N3.C9H20N4.C9H21N3.C9H19N3.C9H20N2.C9H15NOS.C9H13NOS.C8H16O/c1-10(15)8-6-7-9-11(12(17)19-5)16-13(18)14(2,3)4;1-9(14)7-5-6-8-10(11(16)17)15-12(18)13(2,3)4;1-5-12-9(11)13-8-6-7-10(2,3)4;1-9(2,3)6-5-7-12-13-8(10)11-4;1-9(2,3)6-5-7-12-8(10)11-4;1-8(10)12-11-7-5-6-9(2,3)4;1-8(10)11-7-5-6-9(2,3)4;2*1-6-10-8(11)7(12-6)5-9(2,3)4;1-5-9-7-6-8(2,3)4/h11,15H,6-9H2,1-5H3,(H,16,18);10,14H,5-8H2,1-4H3,(H,15,18)(H,16,17);1H,6-8H2,2-4H3,(H3,11,12,13);7H,5-6H2,1-4H3,(H3,10,11,13);5-7H2,1-4H3,(H3,10,11,12);7,12H,1,5-6,10H2,2-4H3;11H,1,5-7,10H2,2-4H3;7H,1,5H2,2-4H3,(H,10,11);5H,1H2,2-4H3,(H,10,11);6-7H,5H2,1-4H3/b;;;12-7+;;11-7+;;;7-5+;7-6+/t11-;10-;;;;;;;;/m00......../s1. The Morgan fingerprint density at radius 2 is 0.962 bits per heavy atom. The summed E-state index contributed by atoms with van der Waals surface area (Å²) in [4.78, 5) is 82.5. The minimum absolute atomic E-state index is 0.0278. The molecule has 1 saturated heterocycles. The number of allylic oxidation sites excluding steroid dienone is 1. The molecule has 0 saturated carbocycles. The summed E-state index contributed by atoms with van der Waals surface area (Å²) in [7, 11) is 4.62. The second-order valence-electron chi connectivity index (χ2n) is 43.4. The van der Waals surface area contributed by atoms with E-state index in [1.54, 1.807) is 87.5 Å². The lowest BCUT2D eigenvalue weighted by atomic mass is 9.90. The lowest BCUT2D eigenvalue weighted by Gasteiger charge is -2.22. The van der Waals surface area contributed by atoms with E-state index >= 15 is 0 Å². The van der Waals surface area contributed by atoms with Crippen molar-refractivity contribution in [2.24, 2.45) is 108 Å². The third kappa shape index (κ3) is 111. The van der Waals surface area contributed by atoms with Gasteiger partial charge in [0.15, 0.2) is 5.96 Å². The minimum Gasteiger partial charge on any atom is -0.502 e. The number of aromatic amines is 1. The van der Waals surface area contributed by atoms with Gasteiger partial charge in [-0.2, -0.15) is 15.2 Å². The van der Waals surface area contributed by atoms with Crippen molar-refractivity contribution in [1.82, 2.24) is 47.7 Å². The summed E-state index contributed by atoms with van der Waals surface area (Å²) in [5.74, 6) is 0.431. The number of unbranched alkanes of at least 4 members (excludes halogenated alkanes) is 2. The van der Waals surface area contributed by atoms with Crippen LogP contribution < -0.4 is 86.2 Å². The maximum atomic E-state index is 11.9. The van der Waals surface area contributed by atoms with Crippen molar-refractivity contribution in [2.75, 3.05) is 47.4 Å². The Hall–Kier alpha value is -9.12. The molecule has 1 unspecified atom stereocenters. The Bertz CT molecular complexity index is 3800. The molecular formula is C99H193N21O9S2. The zero-order valence-electron chi connectivity index (χ0n) is 88.9. The average Bonchev–Trinajstić information content (AvgIpc) is 1.73. The molecule has 760 valence electrons. The van der Waals surface area contributed by atoms with Gasteiger partial charge in [0.25, 0.3) is 5.56 Å². The molecule has 2 rings (SSSR count). The SMILES string of the molecule is C#CN=C(N)NCCCC(C)(C)C.C=C(N)N/N=C/CCC(C)(C)C.C=C(N)NCCCC(C)(C)C.C=C1NC(=O)C(CC(C)(C)C)S1.C=c1[nH]c(=O)/c(=C\C(C)(C)C)s1.CC(=N)CCCC[C@H](NC(=O)C(C)(C)C)C(=O)O.CCO/C=C/C(C)(C)C.CN=C(N)N/N=C/CCC(C)(C)C.CN=C(N)NCCCC(C)(C)C.COC(=O)[C@H](CCCCC(C)=N)NC(=O)C(C)(C)C. The van der Waals surface area contributed by atoms with Gasteiger partial charge in [-0.1, -0.05) is 271 Å². The smallest absolute Gasteiger partial charge is 0.328 e. The maximum absolute atomic E-state index is 11.9. The third-order valence-corrected chi connectivity index (χ3v) is 18.6. The number of methoxy groups -OCH3 is 1. The van der Waals surface area contributed by atoms with Crippen molar-refractivity contribution in [1.29, 1.82) is 10.8 Å². The summed E-state index contributed by atoms with van der Waals surface area (Å²) in [5.41, 5.74) is 34.6. The van der Waals surface area contributed by atoms with Crippen LogP contribution in [0.2, 0.25) is 0 Å². The first-order valence-electron chi connectivity index (χ1n) is 45.6. The van der Waals surface area contributed by atoms with Crippen molar-refractivity contribution in [3.8, 4) is 12.5 Å². The van der Waals surface area contributed by atoms with Crippen molar-refractivity contribution in [3.63, 3.8) is 0 Å². The number of nitrogens with zero attached hydrogens (tertiary/aromatic N) is 5. The second-order valence-corrected chi connectivity index (χ2v) is 45.9. The van der Waals surface area contributed by atoms with Crippen LogP contribution in [-0.4, -0.2) is 146 Å². The molecule has 32 heteroatoms. The summed E-state index contributed by atoms with van der Waals surface area (Å²) in [5, 5.41) is 49.3. The van der Waals surface area contributed by atoms with Crippen LogP contribution in [0.3, 0.4) is 0 Å². The van der Waals surface area contributed by atoms with Crippen LogP contribution in [0.15, 0.2) is 78.7 Å². The molecule has 1 aliphatic heterocycles. The molecule has 1 fully saturated rings. The molecular weight excluding hydrogens is 1690 g/mol. The van der Waals surface area contributed by atoms with Crippen molar-refractivity contribution in [2.45, 2.75) is 368 Å². The first kappa shape index (κ1) is 137. The number of hydrogen-bond acceptors (Lipinski definition) is 21. The lowest BCUT2D eigenvalue weighted by molar-refractivity contribution is -0.146. The van der Waals surface area contributed by atoms with Crippen LogP contribution in [0, 0.1) is 77.4 Å². The molecule has 1 aromatic rings. The number of carbonyl (C=O) groups is 5. The van der Waals surface area contributed by atoms with E-state index < -0.39 is 34.9 Å². The van der Waals surface area contributed by atoms with E-state index in [1.165, 1.54) is 31.3 Å². The van der Waals surface area contributed by atoms with Gasteiger partial charge in [-0.25, -0.2) is 15.0 Å². The Labute approximate surface area is 803 Å². The van der Waals surface area contributed by atoms with Crippen LogP contribution in [0.25, 0.3) is 12.7 Å². The summed E-state index contributed by atoms with van der Waals surface area (Å²) in [6, 6.07) is 0.700. The number of carboxylic acid groups (broad SMARTS) is 1. The average molecular weight is 1890 g/mol.